The molecule has 0 spiro atoms. The first kappa shape index (κ1) is 17.5. The fourth-order valence-corrected chi connectivity index (χ4v) is 1.34. The maximum absolute atomic E-state index is 12.3. The van der Waals surface area contributed by atoms with Crippen molar-refractivity contribution in [2.24, 2.45) is 0 Å². The molecule has 0 saturated carbocycles. The largest absolute Gasteiger partial charge is 0.480 e. The van der Waals surface area contributed by atoms with Crippen LogP contribution in [-0.4, -0.2) is 73.0 Å². The normalized spacial score (nSPS) is 12.9. The van der Waals surface area contributed by atoms with E-state index in [1.807, 2.05) is 0 Å². The highest BCUT2D eigenvalue weighted by Crippen LogP contribution is 2.17. The number of nitrogens with zero attached hydrogens (tertiary/aromatic N) is 2. The summed E-state index contributed by atoms with van der Waals surface area (Å²) in [6.45, 7) is -0.909. The van der Waals surface area contributed by atoms with Gasteiger partial charge in [-0.3, -0.25) is 4.79 Å². The molecule has 0 aliphatic carbocycles. The van der Waals surface area contributed by atoms with Gasteiger partial charge in [-0.25, -0.2) is 4.79 Å². The van der Waals surface area contributed by atoms with Crippen molar-refractivity contribution in [3.8, 4) is 0 Å². The number of methoxy groups -OCH3 is 1. The summed E-state index contributed by atoms with van der Waals surface area (Å²) in [6, 6.07) is -1.48. The minimum atomic E-state index is -4.66. The number of aliphatic carboxylic acids is 1. The molecule has 0 heterocycles. The van der Waals surface area contributed by atoms with Gasteiger partial charge in [-0.05, 0) is 6.92 Å². The maximum atomic E-state index is 12.3. The zero-order chi connectivity index (χ0) is 15.2. The van der Waals surface area contributed by atoms with Gasteiger partial charge < -0.3 is 19.6 Å². The predicted octanol–water partition coefficient (Wildman–Crippen LogP) is 1.02. The van der Waals surface area contributed by atoms with Crippen molar-refractivity contribution < 1.29 is 32.6 Å². The van der Waals surface area contributed by atoms with E-state index in [9.17, 15) is 22.8 Å². The van der Waals surface area contributed by atoms with E-state index in [1.54, 1.807) is 6.92 Å². The van der Waals surface area contributed by atoms with Crippen LogP contribution in [0.2, 0.25) is 0 Å². The van der Waals surface area contributed by atoms with Crippen LogP contribution in [-0.2, 0) is 9.53 Å². The van der Waals surface area contributed by atoms with Crippen LogP contribution in [0.25, 0.3) is 0 Å². The molecule has 0 saturated heterocycles. The van der Waals surface area contributed by atoms with E-state index in [0.717, 1.165) is 4.90 Å². The van der Waals surface area contributed by atoms with Crippen LogP contribution < -0.4 is 0 Å². The van der Waals surface area contributed by atoms with Crippen LogP contribution in [0.15, 0.2) is 0 Å². The number of hydrogen-bond donors (Lipinski definition) is 1. The highest BCUT2D eigenvalue weighted by Gasteiger charge is 2.35. The van der Waals surface area contributed by atoms with Gasteiger partial charge in [-0.2, -0.15) is 13.2 Å². The van der Waals surface area contributed by atoms with E-state index in [0.29, 0.717) is 0 Å². The molecule has 0 rings (SSSR count). The second kappa shape index (κ2) is 7.17. The Morgan fingerprint density at radius 2 is 1.89 bits per heavy atom. The lowest BCUT2D eigenvalue weighted by molar-refractivity contribution is -0.149. The molecule has 0 radical (unpaired) electrons. The van der Waals surface area contributed by atoms with Gasteiger partial charge in [0.2, 0.25) is 0 Å². The van der Waals surface area contributed by atoms with E-state index < -0.39 is 37.3 Å². The summed E-state index contributed by atoms with van der Waals surface area (Å²) >= 11 is 0. The predicted molar refractivity (Wildman–Crippen MR) is 59.8 cm³/mol. The SMILES string of the molecule is COCC(C)N(C)C(=O)N(CC(=O)O)CC(F)(F)F. The molecular formula is C10H17F3N2O4. The number of hydrogen-bond acceptors (Lipinski definition) is 3. The number of carbonyl (C=O) groups is 2. The Morgan fingerprint density at radius 3 is 2.26 bits per heavy atom. The number of ether oxygens (including phenoxy) is 1. The Labute approximate surface area is 108 Å². The van der Waals surface area contributed by atoms with Crippen LogP contribution in [0.5, 0.6) is 0 Å². The van der Waals surface area contributed by atoms with Crippen LogP contribution in [0.1, 0.15) is 6.92 Å². The second-order valence-corrected chi connectivity index (χ2v) is 4.06. The molecule has 19 heavy (non-hydrogen) atoms. The Hall–Kier alpha value is -1.51. The van der Waals surface area contributed by atoms with Crippen LogP contribution in [0.4, 0.5) is 18.0 Å². The molecule has 0 aromatic rings. The second-order valence-electron chi connectivity index (χ2n) is 4.06. The highest BCUT2D eigenvalue weighted by molar-refractivity contribution is 5.80. The smallest absolute Gasteiger partial charge is 0.406 e. The summed E-state index contributed by atoms with van der Waals surface area (Å²) in [4.78, 5) is 23.6. The van der Waals surface area contributed by atoms with Crippen LogP contribution >= 0.6 is 0 Å². The summed E-state index contributed by atoms with van der Waals surface area (Å²) < 4.78 is 41.7. The lowest BCUT2D eigenvalue weighted by atomic mass is 10.3. The molecule has 2 amide bonds. The number of carboxylic acids is 1. The molecule has 0 aliphatic rings. The van der Waals surface area contributed by atoms with Crippen molar-refractivity contribution in [2.75, 3.05) is 33.9 Å². The first-order valence-electron chi connectivity index (χ1n) is 5.37. The molecule has 6 nitrogen and oxygen atoms in total. The Kier molecular flexibility index (Phi) is 6.60. The van der Waals surface area contributed by atoms with E-state index in [4.69, 9.17) is 9.84 Å². The lowest BCUT2D eigenvalue weighted by Crippen LogP contribution is -2.50. The summed E-state index contributed by atoms with van der Waals surface area (Å²) in [5, 5.41) is 8.55. The third kappa shape index (κ3) is 6.85. The van der Waals surface area contributed by atoms with Gasteiger partial charge in [-0.15, -0.1) is 0 Å². The lowest BCUT2D eigenvalue weighted by Gasteiger charge is -2.31. The van der Waals surface area contributed by atoms with Gasteiger partial charge in [0.15, 0.2) is 0 Å². The maximum Gasteiger partial charge on any atom is 0.406 e. The quantitative estimate of drug-likeness (QED) is 0.791. The molecule has 0 bridgehead atoms. The van der Waals surface area contributed by atoms with Gasteiger partial charge in [0.05, 0.1) is 12.6 Å². The van der Waals surface area contributed by atoms with E-state index in [-0.39, 0.29) is 11.5 Å². The number of amides is 2. The zero-order valence-electron chi connectivity index (χ0n) is 10.9. The standard InChI is InChI=1S/C10H17F3N2O4/c1-7(5-19-3)14(2)9(18)15(4-8(16)17)6-10(11,12)13/h7H,4-6H2,1-3H3,(H,16,17). The van der Waals surface area contributed by atoms with Crippen LogP contribution in [0, 0.1) is 0 Å². The van der Waals surface area contributed by atoms with Gasteiger partial charge in [0.1, 0.15) is 13.1 Å². The fourth-order valence-electron chi connectivity index (χ4n) is 1.34. The molecule has 1 N–H and O–H groups in total. The van der Waals surface area contributed by atoms with Gasteiger partial charge in [0.25, 0.3) is 0 Å². The van der Waals surface area contributed by atoms with Crippen molar-refractivity contribution in [3.63, 3.8) is 0 Å². The minimum Gasteiger partial charge on any atom is -0.480 e. The number of rotatable bonds is 6. The Balaban J connectivity index is 4.84. The van der Waals surface area contributed by atoms with E-state index >= 15 is 0 Å². The number of alkyl halides is 3. The minimum absolute atomic E-state index is 0.134. The molecule has 0 fully saturated rings. The van der Waals surface area contributed by atoms with Gasteiger partial charge in [0, 0.05) is 14.2 Å². The number of halogens is 3. The molecule has 0 aromatic carbocycles. The third-order valence-corrected chi connectivity index (χ3v) is 2.34. The number of carboxylic acid groups (broad SMARTS) is 1. The van der Waals surface area contributed by atoms with Gasteiger partial charge in [-0.1, -0.05) is 0 Å². The fraction of sp³-hybridized carbons (Fsp3) is 0.800. The number of likely N-dealkylation sites (N-methyl/N-ethyl adjacent to an activating group) is 1. The van der Waals surface area contributed by atoms with Crippen molar-refractivity contribution in [1.29, 1.82) is 0 Å². The van der Waals surface area contributed by atoms with Crippen molar-refractivity contribution in [3.05, 3.63) is 0 Å². The summed E-state index contributed by atoms with van der Waals surface area (Å²) in [5.41, 5.74) is 0. The molecular weight excluding hydrogens is 269 g/mol. The highest BCUT2D eigenvalue weighted by atomic mass is 19.4. The average molecular weight is 286 g/mol. The number of carbonyl (C=O) groups excluding carboxylic acids is 1. The molecule has 112 valence electrons. The zero-order valence-corrected chi connectivity index (χ0v) is 10.9. The van der Waals surface area contributed by atoms with Crippen molar-refractivity contribution >= 4 is 12.0 Å². The average Bonchev–Trinajstić information content (AvgIpc) is 2.24. The molecule has 0 aromatic heterocycles. The summed E-state index contributed by atoms with van der Waals surface area (Å²) in [7, 11) is 2.68. The summed E-state index contributed by atoms with van der Waals surface area (Å²) in [5.74, 6) is -1.51. The van der Waals surface area contributed by atoms with E-state index in [1.165, 1.54) is 14.2 Å². The number of urea groups is 1. The first-order valence-corrected chi connectivity index (χ1v) is 5.37. The van der Waals surface area contributed by atoms with Crippen molar-refractivity contribution in [2.45, 2.75) is 19.1 Å². The topological polar surface area (TPSA) is 70.1 Å². The first-order chi connectivity index (χ1) is 8.58. The van der Waals surface area contributed by atoms with Gasteiger partial charge >= 0.3 is 18.2 Å². The molecule has 1 unspecified atom stereocenters. The Morgan fingerprint density at radius 1 is 1.37 bits per heavy atom. The molecule has 1 atom stereocenters. The summed E-state index contributed by atoms with van der Waals surface area (Å²) in [6.07, 6.45) is -4.66. The van der Waals surface area contributed by atoms with E-state index in [2.05, 4.69) is 0 Å². The Bertz CT molecular complexity index is 322. The monoisotopic (exact) mass is 286 g/mol. The van der Waals surface area contributed by atoms with Crippen molar-refractivity contribution in [1.82, 2.24) is 9.80 Å². The molecule has 9 heteroatoms. The third-order valence-electron chi connectivity index (χ3n) is 2.34. The molecule has 0 aliphatic heterocycles. The van der Waals surface area contributed by atoms with Crippen LogP contribution in [0.3, 0.4) is 0 Å².